The van der Waals surface area contributed by atoms with Crippen molar-refractivity contribution in [1.29, 1.82) is 0 Å². The van der Waals surface area contributed by atoms with Gasteiger partial charge in [0.15, 0.2) is 0 Å². The van der Waals surface area contributed by atoms with Crippen LogP contribution in [0, 0.1) is 0 Å². The van der Waals surface area contributed by atoms with Crippen molar-refractivity contribution in [2.45, 2.75) is 25.9 Å². The van der Waals surface area contributed by atoms with E-state index in [4.69, 9.17) is 10.2 Å². The Kier molecular flexibility index (Phi) is 3.59. The van der Waals surface area contributed by atoms with Crippen molar-refractivity contribution in [1.82, 2.24) is 4.98 Å². The molecule has 0 aliphatic heterocycles. The predicted molar refractivity (Wildman–Crippen MR) is 51.2 cm³/mol. The van der Waals surface area contributed by atoms with E-state index < -0.39 is 5.97 Å². The van der Waals surface area contributed by atoms with Crippen LogP contribution in [0.3, 0.4) is 0 Å². The van der Waals surface area contributed by atoms with Gasteiger partial charge in [0.1, 0.15) is 5.69 Å². The Morgan fingerprint density at radius 1 is 1.57 bits per heavy atom. The molecule has 0 radical (unpaired) electrons. The third-order valence-electron chi connectivity index (χ3n) is 1.89. The van der Waals surface area contributed by atoms with Crippen molar-refractivity contribution >= 4 is 5.97 Å². The number of pyridine rings is 1. The largest absolute Gasteiger partial charge is 0.477 e. The van der Waals surface area contributed by atoms with E-state index in [1.807, 2.05) is 0 Å². The molecule has 0 amide bonds. The van der Waals surface area contributed by atoms with Crippen LogP contribution >= 0.6 is 0 Å². The van der Waals surface area contributed by atoms with Crippen molar-refractivity contribution in [2.75, 3.05) is 0 Å². The number of aryl methyl sites for hydroxylation is 1. The zero-order chi connectivity index (χ0) is 10.6. The Morgan fingerprint density at radius 3 is 2.71 bits per heavy atom. The maximum absolute atomic E-state index is 10.5. The molecule has 0 unspecified atom stereocenters. The van der Waals surface area contributed by atoms with E-state index in [0.717, 1.165) is 5.56 Å². The summed E-state index contributed by atoms with van der Waals surface area (Å²) >= 11 is 0. The van der Waals surface area contributed by atoms with Crippen LogP contribution in [-0.2, 0) is 6.42 Å². The second kappa shape index (κ2) is 4.72. The van der Waals surface area contributed by atoms with E-state index in [9.17, 15) is 4.79 Å². The van der Waals surface area contributed by atoms with Crippen LogP contribution in [0.15, 0.2) is 18.3 Å². The standard InChI is InChI=1S/C10H13NO3/c1-7(12)2-3-8-4-5-9(10(13)14)11-6-8/h4-7,12H,2-3H2,1H3,(H,13,14)/t7-/m1/s1. The lowest BCUT2D eigenvalue weighted by molar-refractivity contribution is 0.0690. The molecule has 0 aliphatic carbocycles. The van der Waals surface area contributed by atoms with Crippen LogP contribution in [0.25, 0.3) is 0 Å². The van der Waals surface area contributed by atoms with E-state index in [-0.39, 0.29) is 11.8 Å². The first-order valence-corrected chi connectivity index (χ1v) is 4.46. The summed E-state index contributed by atoms with van der Waals surface area (Å²) in [6, 6.07) is 3.19. The number of hydrogen-bond acceptors (Lipinski definition) is 3. The fourth-order valence-corrected chi connectivity index (χ4v) is 1.07. The molecule has 1 rings (SSSR count). The van der Waals surface area contributed by atoms with Gasteiger partial charge in [-0.05, 0) is 31.4 Å². The Hall–Kier alpha value is -1.42. The summed E-state index contributed by atoms with van der Waals surface area (Å²) in [6.45, 7) is 1.72. The predicted octanol–water partition coefficient (Wildman–Crippen LogP) is 1.09. The molecule has 1 aromatic rings. The number of nitrogens with zero attached hydrogens (tertiary/aromatic N) is 1. The van der Waals surface area contributed by atoms with Gasteiger partial charge < -0.3 is 10.2 Å². The van der Waals surface area contributed by atoms with Crippen LogP contribution in [0.2, 0.25) is 0 Å². The Labute approximate surface area is 82.2 Å². The summed E-state index contributed by atoms with van der Waals surface area (Å²) in [5.41, 5.74) is 0.988. The lowest BCUT2D eigenvalue weighted by Gasteiger charge is -2.03. The number of hydrogen-bond donors (Lipinski definition) is 2. The van der Waals surface area contributed by atoms with E-state index in [2.05, 4.69) is 4.98 Å². The number of aromatic carboxylic acids is 1. The minimum absolute atomic E-state index is 0.0470. The maximum atomic E-state index is 10.5. The highest BCUT2D eigenvalue weighted by Gasteiger charge is 2.04. The number of carboxylic acids is 1. The average molecular weight is 195 g/mol. The lowest BCUT2D eigenvalue weighted by atomic mass is 10.1. The van der Waals surface area contributed by atoms with Gasteiger partial charge in [0.25, 0.3) is 0 Å². The van der Waals surface area contributed by atoms with Crippen LogP contribution < -0.4 is 0 Å². The van der Waals surface area contributed by atoms with E-state index in [1.54, 1.807) is 13.0 Å². The molecule has 0 bridgehead atoms. The maximum Gasteiger partial charge on any atom is 0.354 e. The molecule has 0 saturated carbocycles. The number of aromatic nitrogens is 1. The molecule has 1 heterocycles. The molecule has 0 aromatic carbocycles. The summed E-state index contributed by atoms with van der Waals surface area (Å²) in [4.78, 5) is 14.3. The molecule has 1 atom stereocenters. The molecular formula is C10H13NO3. The minimum atomic E-state index is -1.02. The number of carbonyl (C=O) groups is 1. The Balaban J connectivity index is 2.60. The fraction of sp³-hybridized carbons (Fsp3) is 0.400. The van der Waals surface area contributed by atoms with Gasteiger partial charge in [0.2, 0.25) is 0 Å². The van der Waals surface area contributed by atoms with Gasteiger partial charge in [0.05, 0.1) is 6.10 Å². The second-order valence-electron chi connectivity index (χ2n) is 3.24. The quantitative estimate of drug-likeness (QED) is 0.754. The highest BCUT2D eigenvalue weighted by Crippen LogP contribution is 2.05. The first-order chi connectivity index (χ1) is 6.59. The molecule has 76 valence electrons. The summed E-state index contributed by atoms with van der Waals surface area (Å²) in [5.74, 6) is -1.02. The molecular weight excluding hydrogens is 182 g/mol. The molecule has 4 nitrogen and oxygen atoms in total. The highest BCUT2D eigenvalue weighted by atomic mass is 16.4. The summed E-state index contributed by atoms with van der Waals surface area (Å²) in [6.07, 6.45) is 2.57. The summed E-state index contributed by atoms with van der Waals surface area (Å²) < 4.78 is 0. The first-order valence-electron chi connectivity index (χ1n) is 4.46. The third kappa shape index (κ3) is 3.14. The normalized spacial score (nSPS) is 12.4. The van der Waals surface area contributed by atoms with Crippen LogP contribution in [0.5, 0.6) is 0 Å². The Morgan fingerprint density at radius 2 is 2.29 bits per heavy atom. The van der Waals surface area contributed by atoms with Gasteiger partial charge in [-0.25, -0.2) is 9.78 Å². The van der Waals surface area contributed by atoms with Gasteiger partial charge in [-0.1, -0.05) is 6.07 Å². The average Bonchev–Trinajstić information content (AvgIpc) is 2.15. The molecule has 0 spiro atoms. The minimum Gasteiger partial charge on any atom is -0.477 e. The molecule has 1 aromatic heterocycles. The molecule has 4 heteroatoms. The van der Waals surface area contributed by atoms with Crippen molar-refractivity contribution in [3.63, 3.8) is 0 Å². The molecule has 2 N–H and O–H groups in total. The van der Waals surface area contributed by atoms with E-state index >= 15 is 0 Å². The topological polar surface area (TPSA) is 70.4 Å². The van der Waals surface area contributed by atoms with Crippen LogP contribution in [-0.4, -0.2) is 27.3 Å². The zero-order valence-corrected chi connectivity index (χ0v) is 7.97. The molecule has 14 heavy (non-hydrogen) atoms. The fourth-order valence-electron chi connectivity index (χ4n) is 1.07. The van der Waals surface area contributed by atoms with Gasteiger partial charge in [-0.15, -0.1) is 0 Å². The third-order valence-corrected chi connectivity index (χ3v) is 1.89. The van der Waals surface area contributed by atoms with Crippen molar-refractivity contribution in [3.8, 4) is 0 Å². The van der Waals surface area contributed by atoms with Gasteiger partial charge in [-0.2, -0.15) is 0 Å². The van der Waals surface area contributed by atoms with Gasteiger partial charge in [0, 0.05) is 6.20 Å². The van der Waals surface area contributed by atoms with Crippen molar-refractivity contribution in [3.05, 3.63) is 29.6 Å². The first kappa shape index (κ1) is 10.7. The summed E-state index contributed by atoms with van der Waals surface area (Å²) in [5, 5.41) is 17.6. The second-order valence-corrected chi connectivity index (χ2v) is 3.24. The van der Waals surface area contributed by atoms with E-state index in [0.29, 0.717) is 12.8 Å². The molecule has 0 saturated heterocycles. The monoisotopic (exact) mass is 195 g/mol. The smallest absolute Gasteiger partial charge is 0.354 e. The molecule has 0 fully saturated rings. The lowest BCUT2D eigenvalue weighted by Crippen LogP contribution is -2.03. The Bertz CT molecular complexity index is 306. The summed E-state index contributed by atoms with van der Waals surface area (Å²) in [7, 11) is 0. The van der Waals surface area contributed by atoms with E-state index in [1.165, 1.54) is 12.3 Å². The number of carboxylic acid groups (broad SMARTS) is 1. The van der Waals surface area contributed by atoms with Crippen LogP contribution in [0.4, 0.5) is 0 Å². The highest BCUT2D eigenvalue weighted by molar-refractivity contribution is 5.85. The van der Waals surface area contributed by atoms with Gasteiger partial charge >= 0.3 is 5.97 Å². The van der Waals surface area contributed by atoms with Crippen molar-refractivity contribution in [2.24, 2.45) is 0 Å². The van der Waals surface area contributed by atoms with Crippen molar-refractivity contribution < 1.29 is 15.0 Å². The van der Waals surface area contributed by atoms with Crippen LogP contribution in [0.1, 0.15) is 29.4 Å². The SMILES string of the molecule is C[C@@H](O)CCc1ccc(C(=O)O)nc1. The molecule has 0 aliphatic rings. The number of aliphatic hydroxyl groups is 1. The van der Waals surface area contributed by atoms with Gasteiger partial charge in [-0.3, -0.25) is 0 Å². The number of aliphatic hydroxyl groups excluding tert-OH is 1. The number of rotatable bonds is 4. The zero-order valence-electron chi connectivity index (χ0n) is 7.97.